The topological polar surface area (TPSA) is 95.7 Å². The maximum atomic E-state index is 13.4. The van der Waals surface area contributed by atoms with Gasteiger partial charge in [0.1, 0.15) is 5.54 Å². The van der Waals surface area contributed by atoms with Crippen molar-refractivity contribution in [2.45, 2.75) is 51.5 Å². The van der Waals surface area contributed by atoms with E-state index in [1.54, 1.807) is 4.90 Å². The van der Waals surface area contributed by atoms with Crippen LogP contribution in [0.15, 0.2) is 0 Å². The Labute approximate surface area is 163 Å². The first-order chi connectivity index (χ1) is 12.9. The number of carbonyl (C=O) groups excluding carboxylic acids is 2. The molecule has 3 amide bonds. The van der Waals surface area contributed by atoms with Gasteiger partial charge in [0, 0.05) is 26.2 Å². The first-order valence-corrected chi connectivity index (χ1v) is 10.7. The normalized spacial score (nSPS) is 23.0. The van der Waals surface area contributed by atoms with Crippen LogP contribution in [0.2, 0.25) is 0 Å². The van der Waals surface area contributed by atoms with E-state index >= 15 is 0 Å². The summed E-state index contributed by atoms with van der Waals surface area (Å²) >= 11 is 1.36. The summed E-state index contributed by atoms with van der Waals surface area (Å²) in [4.78, 5) is 32.1. The van der Waals surface area contributed by atoms with Crippen molar-refractivity contribution in [3.8, 4) is 0 Å². The zero-order valence-corrected chi connectivity index (χ0v) is 16.9. The van der Waals surface area contributed by atoms with Crippen LogP contribution in [0.4, 0.5) is 15.1 Å². The Balaban J connectivity index is 1.54. The van der Waals surface area contributed by atoms with Gasteiger partial charge in [0.2, 0.25) is 10.3 Å². The smallest absolute Gasteiger partial charge is 0.327 e. The zero-order chi connectivity index (χ0) is 19.2. The van der Waals surface area contributed by atoms with Crippen LogP contribution < -0.4 is 10.6 Å². The number of aromatic nitrogens is 2. The molecule has 3 aliphatic rings. The van der Waals surface area contributed by atoms with Gasteiger partial charge in [-0.15, -0.1) is 10.2 Å². The van der Waals surface area contributed by atoms with Crippen LogP contribution >= 0.6 is 11.3 Å². The van der Waals surface area contributed by atoms with Gasteiger partial charge in [-0.2, -0.15) is 0 Å². The van der Waals surface area contributed by atoms with Crippen LogP contribution in [0.3, 0.4) is 0 Å². The molecule has 1 aromatic rings. The standard InChI is InChI=1S/C18H28N6O2S/c1-12(2)10-24-17(26)23(11-13-4-3-5-13)14(25)18(24)6-8-22(9-7-18)16-21-20-15(19)27-16/h12-13H,3-11H2,1-2H3,(H2,19,20). The first kappa shape index (κ1) is 18.5. The molecule has 8 nitrogen and oxygen atoms in total. The highest BCUT2D eigenvalue weighted by molar-refractivity contribution is 7.18. The molecule has 0 bridgehead atoms. The molecule has 27 heavy (non-hydrogen) atoms. The van der Waals surface area contributed by atoms with E-state index in [9.17, 15) is 9.59 Å². The molecule has 0 unspecified atom stereocenters. The van der Waals surface area contributed by atoms with Crippen molar-refractivity contribution in [2.24, 2.45) is 11.8 Å². The molecule has 3 fully saturated rings. The van der Waals surface area contributed by atoms with Crippen LogP contribution in [0.25, 0.3) is 0 Å². The quantitative estimate of drug-likeness (QED) is 0.772. The summed E-state index contributed by atoms with van der Waals surface area (Å²) in [6.45, 7) is 6.76. The van der Waals surface area contributed by atoms with Gasteiger partial charge in [0.25, 0.3) is 5.91 Å². The largest absolute Gasteiger partial charge is 0.374 e. The minimum atomic E-state index is -0.697. The maximum Gasteiger partial charge on any atom is 0.327 e. The van der Waals surface area contributed by atoms with Gasteiger partial charge in [0.05, 0.1) is 0 Å². The lowest BCUT2D eigenvalue weighted by Gasteiger charge is -2.42. The molecule has 0 atom stereocenters. The second-order valence-corrected chi connectivity index (χ2v) is 9.43. The second kappa shape index (κ2) is 6.92. The fourth-order valence-electron chi connectivity index (χ4n) is 4.40. The Bertz CT molecular complexity index is 723. The van der Waals surface area contributed by atoms with Crippen molar-refractivity contribution >= 4 is 33.5 Å². The average Bonchev–Trinajstić information content (AvgIpc) is 3.10. The predicted octanol–water partition coefficient (Wildman–Crippen LogP) is 2.18. The predicted molar refractivity (Wildman–Crippen MR) is 104 cm³/mol. The van der Waals surface area contributed by atoms with E-state index in [1.165, 1.54) is 17.8 Å². The molecule has 1 spiro atoms. The summed E-state index contributed by atoms with van der Waals surface area (Å²) in [6.07, 6.45) is 4.72. The van der Waals surface area contributed by atoms with E-state index in [-0.39, 0.29) is 11.9 Å². The summed E-state index contributed by atoms with van der Waals surface area (Å²) in [5.74, 6) is 0.818. The summed E-state index contributed by atoms with van der Waals surface area (Å²) in [7, 11) is 0. The summed E-state index contributed by atoms with van der Waals surface area (Å²) in [6, 6.07) is -0.0887. The number of nitrogens with two attached hydrogens (primary N) is 1. The third-order valence-corrected chi connectivity index (χ3v) is 6.94. The van der Waals surface area contributed by atoms with Crippen molar-refractivity contribution in [3.63, 3.8) is 0 Å². The monoisotopic (exact) mass is 392 g/mol. The van der Waals surface area contributed by atoms with Gasteiger partial charge in [-0.25, -0.2) is 4.79 Å². The van der Waals surface area contributed by atoms with E-state index in [0.29, 0.717) is 56.0 Å². The van der Waals surface area contributed by atoms with E-state index < -0.39 is 5.54 Å². The highest BCUT2D eigenvalue weighted by atomic mass is 32.1. The Morgan fingerprint density at radius 1 is 1.22 bits per heavy atom. The number of carbonyl (C=O) groups is 2. The number of imide groups is 1. The molecule has 0 aromatic carbocycles. The summed E-state index contributed by atoms with van der Waals surface area (Å²) < 4.78 is 0. The van der Waals surface area contributed by atoms with E-state index in [2.05, 4.69) is 28.9 Å². The van der Waals surface area contributed by atoms with Crippen LogP contribution in [0.5, 0.6) is 0 Å². The highest BCUT2D eigenvalue weighted by Gasteiger charge is 2.58. The number of hydrogen-bond acceptors (Lipinski definition) is 7. The maximum absolute atomic E-state index is 13.4. The van der Waals surface area contributed by atoms with Crippen molar-refractivity contribution in [3.05, 3.63) is 0 Å². The fourth-order valence-corrected chi connectivity index (χ4v) is 5.06. The SMILES string of the molecule is CC(C)CN1C(=O)N(CC2CCC2)C(=O)C12CCN(c1nnc(N)s1)CC2. The first-order valence-electron chi connectivity index (χ1n) is 9.88. The molecular weight excluding hydrogens is 364 g/mol. The third kappa shape index (κ3) is 3.15. The molecule has 9 heteroatoms. The lowest BCUT2D eigenvalue weighted by Crippen LogP contribution is -2.57. The number of piperidine rings is 1. The molecule has 2 aliphatic heterocycles. The molecule has 3 heterocycles. The number of anilines is 2. The number of rotatable bonds is 5. The van der Waals surface area contributed by atoms with Gasteiger partial charge in [-0.1, -0.05) is 31.6 Å². The molecule has 1 saturated carbocycles. The minimum absolute atomic E-state index is 0.0106. The number of nitrogen functional groups attached to an aromatic ring is 1. The van der Waals surface area contributed by atoms with Crippen molar-refractivity contribution in [2.75, 3.05) is 36.8 Å². The number of hydrogen-bond donors (Lipinski definition) is 1. The second-order valence-electron chi connectivity index (χ2n) is 8.44. The van der Waals surface area contributed by atoms with E-state index in [0.717, 1.165) is 18.0 Å². The average molecular weight is 393 g/mol. The molecule has 0 radical (unpaired) electrons. The van der Waals surface area contributed by atoms with Gasteiger partial charge in [-0.05, 0) is 37.5 Å². The van der Waals surface area contributed by atoms with Crippen LogP contribution in [0.1, 0.15) is 46.0 Å². The molecule has 4 rings (SSSR count). The van der Waals surface area contributed by atoms with Gasteiger partial charge >= 0.3 is 6.03 Å². The van der Waals surface area contributed by atoms with Crippen LogP contribution in [0, 0.1) is 11.8 Å². The van der Waals surface area contributed by atoms with Gasteiger partial charge < -0.3 is 15.5 Å². The Hall–Kier alpha value is -1.90. The third-order valence-electron chi connectivity index (χ3n) is 6.13. The lowest BCUT2D eigenvalue weighted by molar-refractivity contribution is -0.135. The number of amides is 3. The Morgan fingerprint density at radius 2 is 1.93 bits per heavy atom. The lowest BCUT2D eigenvalue weighted by atomic mass is 9.83. The summed E-state index contributed by atoms with van der Waals surface area (Å²) in [5.41, 5.74) is 5.01. The zero-order valence-electron chi connectivity index (χ0n) is 16.1. The molecule has 1 aromatic heterocycles. The van der Waals surface area contributed by atoms with Crippen molar-refractivity contribution in [1.82, 2.24) is 20.0 Å². The van der Waals surface area contributed by atoms with Gasteiger partial charge in [0.15, 0.2) is 0 Å². The number of nitrogens with zero attached hydrogens (tertiary/aromatic N) is 5. The van der Waals surface area contributed by atoms with Crippen LogP contribution in [-0.2, 0) is 4.79 Å². The highest BCUT2D eigenvalue weighted by Crippen LogP contribution is 2.40. The van der Waals surface area contributed by atoms with E-state index in [1.807, 2.05) is 4.90 Å². The minimum Gasteiger partial charge on any atom is -0.374 e. The molecular formula is C18H28N6O2S. The molecule has 2 N–H and O–H groups in total. The Morgan fingerprint density at radius 3 is 2.44 bits per heavy atom. The van der Waals surface area contributed by atoms with Crippen molar-refractivity contribution in [1.29, 1.82) is 0 Å². The molecule has 2 saturated heterocycles. The van der Waals surface area contributed by atoms with E-state index in [4.69, 9.17) is 5.73 Å². The number of urea groups is 1. The van der Waals surface area contributed by atoms with Gasteiger partial charge in [-0.3, -0.25) is 9.69 Å². The molecule has 1 aliphatic carbocycles. The fraction of sp³-hybridized carbons (Fsp3) is 0.778. The summed E-state index contributed by atoms with van der Waals surface area (Å²) in [5, 5.41) is 9.25. The van der Waals surface area contributed by atoms with Crippen LogP contribution in [-0.4, -0.2) is 63.7 Å². The van der Waals surface area contributed by atoms with Crippen molar-refractivity contribution < 1.29 is 9.59 Å². The Kier molecular flexibility index (Phi) is 4.73. The molecule has 148 valence electrons.